The second kappa shape index (κ2) is 5.40. The van der Waals surface area contributed by atoms with E-state index in [0.717, 1.165) is 41.9 Å². The van der Waals surface area contributed by atoms with Gasteiger partial charge in [0, 0.05) is 13.1 Å². The van der Waals surface area contributed by atoms with Gasteiger partial charge in [0.05, 0.1) is 16.2 Å². The summed E-state index contributed by atoms with van der Waals surface area (Å²) in [4.78, 5) is 2.53. The summed E-state index contributed by atoms with van der Waals surface area (Å²) in [5, 5.41) is 4.53. The lowest BCUT2D eigenvalue weighted by molar-refractivity contribution is 0.181. The minimum atomic E-state index is 0.466. The Morgan fingerprint density at radius 2 is 2.06 bits per heavy atom. The molecule has 0 aliphatic carbocycles. The van der Waals surface area contributed by atoms with Crippen molar-refractivity contribution in [2.45, 2.75) is 39.2 Å². The molecule has 5 heteroatoms. The van der Waals surface area contributed by atoms with Gasteiger partial charge in [-0.1, -0.05) is 6.92 Å². The van der Waals surface area contributed by atoms with Crippen molar-refractivity contribution in [1.29, 1.82) is 0 Å². The summed E-state index contributed by atoms with van der Waals surface area (Å²) < 4.78 is 2.95. The van der Waals surface area contributed by atoms with Crippen LogP contribution in [0.1, 0.15) is 37.9 Å². The van der Waals surface area contributed by atoms with E-state index in [1.54, 1.807) is 0 Å². The van der Waals surface area contributed by atoms with Crippen molar-refractivity contribution in [2.75, 3.05) is 25.4 Å². The van der Waals surface area contributed by atoms with E-state index in [4.69, 9.17) is 5.73 Å². The number of nitrogen functional groups attached to an aromatic ring is 1. The van der Waals surface area contributed by atoms with Crippen LogP contribution in [0, 0.1) is 6.92 Å². The fraction of sp³-hybridized carbons (Fsp3) is 0.750. The number of aryl methyl sites for hydroxylation is 1. The molecule has 0 bridgehead atoms. The standard InChI is InChI=1S/C12H21BrN4/c1-3-6-16-7-4-10(5-8-16)17-12(14)11(13)9(2)15-17/h10H,3-8,14H2,1-2H3. The summed E-state index contributed by atoms with van der Waals surface area (Å²) in [7, 11) is 0. The molecule has 1 aromatic rings. The number of halogens is 1. The van der Waals surface area contributed by atoms with Gasteiger partial charge in [-0.15, -0.1) is 0 Å². The van der Waals surface area contributed by atoms with Crippen molar-refractivity contribution in [3.05, 3.63) is 10.2 Å². The lowest BCUT2D eigenvalue weighted by Crippen LogP contribution is -2.35. The first kappa shape index (κ1) is 12.9. The molecule has 0 radical (unpaired) electrons. The zero-order valence-corrected chi connectivity index (χ0v) is 12.2. The zero-order chi connectivity index (χ0) is 12.4. The molecule has 0 atom stereocenters. The number of aromatic nitrogens is 2. The molecule has 2 rings (SSSR count). The minimum Gasteiger partial charge on any atom is -0.383 e. The Morgan fingerprint density at radius 3 is 2.53 bits per heavy atom. The molecule has 4 nitrogen and oxygen atoms in total. The number of anilines is 1. The molecule has 2 N–H and O–H groups in total. The number of rotatable bonds is 3. The molecule has 0 spiro atoms. The van der Waals surface area contributed by atoms with Crippen LogP contribution in [0.2, 0.25) is 0 Å². The van der Waals surface area contributed by atoms with E-state index in [1.807, 2.05) is 11.6 Å². The average Bonchev–Trinajstić information content (AvgIpc) is 2.59. The van der Waals surface area contributed by atoms with Crippen LogP contribution in [0.5, 0.6) is 0 Å². The van der Waals surface area contributed by atoms with E-state index < -0.39 is 0 Å². The molecule has 1 saturated heterocycles. The summed E-state index contributed by atoms with van der Waals surface area (Å²) in [6.45, 7) is 7.76. The Morgan fingerprint density at radius 1 is 1.41 bits per heavy atom. The lowest BCUT2D eigenvalue weighted by Gasteiger charge is -2.32. The molecule has 2 heterocycles. The van der Waals surface area contributed by atoms with Crippen LogP contribution in [0.3, 0.4) is 0 Å². The van der Waals surface area contributed by atoms with Gasteiger partial charge in [0.25, 0.3) is 0 Å². The maximum atomic E-state index is 6.07. The van der Waals surface area contributed by atoms with E-state index in [-0.39, 0.29) is 0 Å². The summed E-state index contributed by atoms with van der Waals surface area (Å²) >= 11 is 3.48. The third-order valence-electron chi connectivity index (χ3n) is 3.49. The highest BCUT2D eigenvalue weighted by atomic mass is 79.9. The summed E-state index contributed by atoms with van der Waals surface area (Å²) in [6.07, 6.45) is 3.54. The predicted molar refractivity (Wildman–Crippen MR) is 74.1 cm³/mol. The second-order valence-electron chi connectivity index (χ2n) is 4.80. The molecular weight excluding hydrogens is 280 g/mol. The number of nitrogens with two attached hydrogens (primary N) is 1. The Hall–Kier alpha value is -0.550. The fourth-order valence-corrected chi connectivity index (χ4v) is 2.79. The second-order valence-corrected chi connectivity index (χ2v) is 5.60. The maximum Gasteiger partial charge on any atom is 0.136 e. The minimum absolute atomic E-state index is 0.466. The highest BCUT2D eigenvalue weighted by molar-refractivity contribution is 9.10. The van der Waals surface area contributed by atoms with Gasteiger partial charge in [-0.3, -0.25) is 0 Å². The first-order valence-electron chi connectivity index (χ1n) is 6.36. The Balaban J connectivity index is 2.03. The molecule has 1 aromatic heterocycles. The Kier molecular flexibility index (Phi) is 4.09. The molecule has 1 fully saturated rings. The van der Waals surface area contributed by atoms with Crippen LogP contribution in [-0.2, 0) is 0 Å². The van der Waals surface area contributed by atoms with Crippen LogP contribution >= 0.6 is 15.9 Å². The average molecular weight is 301 g/mol. The number of hydrogen-bond donors (Lipinski definition) is 1. The van der Waals surface area contributed by atoms with Gasteiger partial charge in [0.2, 0.25) is 0 Å². The van der Waals surface area contributed by atoms with Gasteiger partial charge in [0.1, 0.15) is 5.82 Å². The molecule has 0 saturated carbocycles. The smallest absolute Gasteiger partial charge is 0.136 e. The molecule has 1 aliphatic heterocycles. The maximum absolute atomic E-state index is 6.07. The molecule has 0 unspecified atom stereocenters. The normalized spacial score (nSPS) is 18.8. The van der Waals surface area contributed by atoms with Crippen molar-refractivity contribution in [3.63, 3.8) is 0 Å². The Labute approximate surface area is 111 Å². The molecule has 17 heavy (non-hydrogen) atoms. The first-order chi connectivity index (χ1) is 8.13. The van der Waals surface area contributed by atoms with Gasteiger partial charge < -0.3 is 10.6 Å². The quantitative estimate of drug-likeness (QED) is 0.933. The van der Waals surface area contributed by atoms with Crippen LogP contribution in [0.4, 0.5) is 5.82 Å². The van der Waals surface area contributed by atoms with Crippen molar-refractivity contribution in [2.24, 2.45) is 0 Å². The van der Waals surface area contributed by atoms with Crippen LogP contribution < -0.4 is 5.73 Å². The molecular formula is C12H21BrN4. The van der Waals surface area contributed by atoms with Crippen molar-refractivity contribution >= 4 is 21.7 Å². The number of hydrogen-bond acceptors (Lipinski definition) is 3. The summed E-state index contributed by atoms with van der Waals surface area (Å²) in [6, 6.07) is 0.466. The van der Waals surface area contributed by atoms with Crippen LogP contribution in [0.25, 0.3) is 0 Å². The van der Waals surface area contributed by atoms with E-state index >= 15 is 0 Å². The Bertz CT molecular complexity index is 380. The first-order valence-corrected chi connectivity index (χ1v) is 7.15. The lowest BCUT2D eigenvalue weighted by atomic mass is 10.1. The molecule has 96 valence electrons. The SMILES string of the molecule is CCCN1CCC(n2nc(C)c(Br)c2N)CC1. The van der Waals surface area contributed by atoms with E-state index in [1.165, 1.54) is 13.0 Å². The fourth-order valence-electron chi connectivity index (χ4n) is 2.53. The molecule has 0 aromatic carbocycles. The van der Waals surface area contributed by atoms with Crippen LogP contribution in [0.15, 0.2) is 4.47 Å². The van der Waals surface area contributed by atoms with E-state index in [0.29, 0.717) is 6.04 Å². The summed E-state index contributed by atoms with van der Waals surface area (Å²) in [5.74, 6) is 0.774. The van der Waals surface area contributed by atoms with E-state index in [2.05, 4.69) is 32.9 Å². The third-order valence-corrected chi connectivity index (χ3v) is 4.47. The predicted octanol–water partition coefficient (Wildman–Crippen LogP) is 2.58. The molecule has 0 amide bonds. The third kappa shape index (κ3) is 2.65. The van der Waals surface area contributed by atoms with Gasteiger partial charge in [-0.05, 0) is 48.7 Å². The number of likely N-dealkylation sites (tertiary alicyclic amines) is 1. The summed E-state index contributed by atoms with van der Waals surface area (Å²) in [5.41, 5.74) is 7.05. The van der Waals surface area contributed by atoms with Crippen molar-refractivity contribution in [3.8, 4) is 0 Å². The number of piperidine rings is 1. The monoisotopic (exact) mass is 300 g/mol. The van der Waals surface area contributed by atoms with Gasteiger partial charge in [0.15, 0.2) is 0 Å². The highest BCUT2D eigenvalue weighted by Crippen LogP contribution is 2.30. The topological polar surface area (TPSA) is 47.1 Å². The van der Waals surface area contributed by atoms with Gasteiger partial charge in [-0.25, -0.2) is 4.68 Å². The van der Waals surface area contributed by atoms with Crippen molar-refractivity contribution < 1.29 is 0 Å². The van der Waals surface area contributed by atoms with Gasteiger partial charge >= 0.3 is 0 Å². The van der Waals surface area contributed by atoms with E-state index in [9.17, 15) is 0 Å². The zero-order valence-electron chi connectivity index (χ0n) is 10.6. The van der Waals surface area contributed by atoms with Crippen LogP contribution in [-0.4, -0.2) is 34.3 Å². The largest absolute Gasteiger partial charge is 0.383 e. The molecule has 1 aliphatic rings. The highest BCUT2D eigenvalue weighted by Gasteiger charge is 2.23. The number of nitrogens with zero attached hydrogens (tertiary/aromatic N) is 3. The van der Waals surface area contributed by atoms with Gasteiger partial charge in [-0.2, -0.15) is 5.10 Å². The van der Waals surface area contributed by atoms with Crippen molar-refractivity contribution in [1.82, 2.24) is 14.7 Å².